The van der Waals surface area contributed by atoms with Gasteiger partial charge >= 0.3 is 6.03 Å². The molecule has 3 heterocycles. The topological polar surface area (TPSA) is 83.1 Å². The second-order valence-electron chi connectivity index (χ2n) is 8.57. The smallest absolute Gasteiger partial charge is 0.315 e. The molecule has 8 heteroatoms. The highest BCUT2D eigenvalue weighted by Crippen LogP contribution is 2.32. The monoisotopic (exact) mass is 394 g/mol. The van der Waals surface area contributed by atoms with Crippen molar-refractivity contribution >= 4 is 11.9 Å². The fourth-order valence-corrected chi connectivity index (χ4v) is 4.83. The van der Waals surface area contributed by atoms with Crippen molar-refractivity contribution in [3.05, 3.63) is 0 Å². The van der Waals surface area contributed by atoms with E-state index in [2.05, 4.69) is 15.5 Å². The van der Waals surface area contributed by atoms with Crippen molar-refractivity contribution in [3.8, 4) is 0 Å². The van der Waals surface area contributed by atoms with Gasteiger partial charge in [0.2, 0.25) is 5.91 Å². The van der Waals surface area contributed by atoms with Crippen LogP contribution in [0, 0.1) is 0 Å². The van der Waals surface area contributed by atoms with Gasteiger partial charge in [-0.2, -0.15) is 0 Å². The summed E-state index contributed by atoms with van der Waals surface area (Å²) in [6, 6.07) is 0.456. The number of nitrogens with one attached hydrogen (secondary N) is 2. The predicted octanol–water partition coefficient (Wildman–Crippen LogP) is 0.709. The highest BCUT2D eigenvalue weighted by atomic mass is 16.5. The number of carbonyl (C=O) groups excluding carboxylic acids is 2. The molecule has 28 heavy (non-hydrogen) atoms. The molecule has 4 rings (SSSR count). The molecule has 158 valence electrons. The lowest BCUT2D eigenvalue weighted by molar-refractivity contribution is -0.182. The van der Waals surface area contributed by atoms with E-state index in [1.807, 2.05) is 4.90 Å². The molecule has 1 saturated carbocycles. The Hall–Kier alpha value is -1.38. The van der Waals surface area contributed by atoms with Crippen molar-refractivity contribution in [1.82, 2.24) is 20.4 Å². The zero-order valence-corrected chi connectivity index (χ0v) is 16.7. The van der Waals surface area contributed by atoms with Crippen LogP contribution in [0.15, 0.2) is 0 Å². The van der Waals surface area contributed by atoms with E-state index in [0.29, 0.717) is 38.9 Å². The number of hydrogen-bond donors (Lipinski definition) is 2. The Labute approximate surface area is 167 Å². The van der Waals surface area contributed by atoms with Gasteiger partial charge in [-0.1, -0.05) is 19.3 Å². The van der Waals surface area contributed by atoms with Gasteiger partial charge in [-0.3, -0.25) is 9.69 Å². The maximum atomic E-state index is 12.6. The molecular formula is C20H34N4O4. The lowest BCUT2D eigenvalue weighted by Crippen LogP contribution is -2.67. The Morgan fingerprint density at radius 3 is 2.54 bits per heavy atom. The first-order valence-corrected chi connectivity index (χ1v) is 11.0. The molecule has 2 N–H and O–H groups in total. The average molecular weight is 395 g/mol. The van der Waals surface area contributed by atoms with Gasteiger partial charge in [-0.05, 0) is 25.7 Å². The number of urea groups is 1. The average Bonchev–Trinajstić information content (AvgIpc) is 2.69. The number of morpholine rings is 1. The summed E-state index contributed by atoms with van der Waals surface area (Å²) >= 11 is 0. The van der Waals surface area contributed by atoms with Crippen molar-refractivity contribution in [2.75, 3.05) is 45.9 Å². The summed E-state index contributed by atoms with van der Waals surface area (Å²) in [6.07, 6.45) is 7.88. The summed E-state index contributed by atoms with van der Waals surface area (Å²) in [6.45, 7) is 4.81. The summed E-state index contributed by atoms with van der Waals surface area (Å²) in [5, 5.41) is 6.05. The Kier molecular flexibility index (Phi) is 6.69. The number of likely N-dealkylation sites (tertiary alicyclic amines) is 1. The van der Waals surface area contributed by atoms with Crippen molar-refractivity contribution in [1.29, 1.82) is 0 Å². The molecular weight excluding hydrogens is 360 g/mol. The van der Waals surface area contributed by atoms with E-state index >= 15 is 0 Å². The van der Waals surface area contributed by atoms with Gasteiger partial charge in [-0.15, -0.1) is 0 Å². The molecule has 0 radical (unpaired) electrons. The van der Waals surface area contributed by atoms with E-state index in [4.69, 9.17) is 9.47 Å². The fourth-order valence-electron chi connectivity index (χ4n) is 4.83. The molecule has 1 aliphatic carbocycles. The van der Waals surface area contributed by atoms with Crippen LogP contribution in [-0.4, -0.2) is 92.0 Å². The van der Waals surface area contributed by atoms with E-state index < -0.39 is 0 Å². The van der Waals surface area contributed by atoms with E-state index in [9.17, 15) is 9.59 Å². The van der Waals surface area contributed by atoms with Crippen LogP contribution >= 0.6 is 0 Å². The van der Waals surface area contributed by atoms with Gasteiger partial charge in [0.25, 0.3) is 0 Å². The van der Waals surface area contributed by atoms with Crippen LogP contribution in [0.25, 0.3) is 0 Å². The Morgan fingerprint density at radius 2 is 1.79 bits per heavy atom. The van der Waals surface area contributed by atoms with Gasteiger partial charge < -0.3 is 25.0 Å². The minimum Gasteiger partial charge on any atom is -0.379 e. The molecule has 4 fully saturated rings. The maximum Gasteiger partial charge on any atom is 0.315 e. The second-order valence-corrected chi connectivity index (χ2v) is 8.57. The molecule has 0 aromatic rings. The molecule has 0 unspecified atom stereocenters. The third kappa shape index (κ3) is 4.96. The lowest BCUT2D eigenvalue weighted by Gasteiger charge is -2.52. The molecule has 4 aliphatic rings. The molecule has 3 atom stereocenters. The quantitative estimate of drug-likeness (QED) is 0.718. The Bertz CT molecular complexity index is 546. The predicted molar refractivity (Wildman–Crippen MR) is 104 cm³/mol. The standard InChI is InChI=1S/C20H34N4O4/c25-19(14-23-8-10-27-11-9-23)24-13-18-17(24)7-6-16(28-18)12-21-20(26)22-15-4-2-1-3-5-15/h15-18H,1-14H2,(H2,21,22,26)/t16-,17-,18-/m0/s1. The Balaban J connectivity index is 1.13. The molecule has 0 spiro atoms. The van der Waals surface area contributed by atoms with E-state index in [1.54, 1.807) is 0 Å². The maximum absolute atomic E-state index is 12.6. The summed E-state index contributed by atoms with van der Waals surface area (Å²) in [7, 11) is 0. The van der Waals surface area contributed by atoms with Crippen LogP contribution < -0.4 is 10.6 Å². The summed E-state index contributed by atoms with van der Waals surface area (Å²) in [5.74, 6) is 0.204. The van der Waals surface area contributed by atoms with E-state index in [0.717, 1.165) is 38.8 Å². The van der Waals surface area contributed by atoms with E-state index in [-0.39, 0.29) is 30.2 Å². The SMILES string of the molecule is O=C(NC[C@@H]1CC[C@H]2[C@H](CN2C(=O)CN2CCOCC2)O1)NC1CCCCC1. The zero-order valence-electron chi connectivity index (χ0n) is 16.7. The van der Waals surface area contributed by atoms with Gasteiger partial charge in [0.15, 0.2) is 0 Å². The molecule has 3 amide bonds. The molecule has 3 aliphatic heterocycles. The highest BCUT2D eigenvalue weighted by Gasteiger charge is 2.46. The van der Waals surface area contributed by atoms with Crippen LogP contribution in [-0.2, 0) is 14.3 Å². The van der Waals surface area contributed by atoms with Crippen LogP contribution in [0.1, 0.15) is 44.9 Å². The number of nitrogens with zero attached hydrogens (tertiary/aromatic N) is 2. The fraction of sp³-hybridized carbons (Fsp3) is 0.900. The normalized spacial score (nSPS) is 31.6. The first kappa shape index (κ1) is 19.9. The summed E-state index contributed by atoms with van der Waals surface area (Å²) < 4.78 is 11.5. The number of amides is 3. The second kappa shape index (κ2) is 9.41. The van der Waals surface area contributed by atoms with Crippen LogP contribution in [0.2, 0.25) is 0 Å². The van der Waals surface area contributed by atoms with Gasteiger partial charge in [0.05, 0.1) is 38.0 Å². The molecule has 0 aromatic heterocycles. The van der Waals surface area contributed by atoms with Crippen molar-refractivity contribution in [2.45, 2.75) is 69.2 Å². The van der Waals surface area contributed by atoms with Gasteiger partial charge in [0.1, 0.15) is 0 Å². The highest BCUT2D eigenvalue weighted by molar-refractivity contribution is 5.79. The van der Waals surface area contributed by atoms with Crippen LogP contribution in [0.3, 0.4) is 0 Å². The molecule has 0 aromatic carbocycles. The minimum absolute atomic E-state index is 0.0508. The van der Waals surface area contributed by atoms with Crippen LogP contribution in [0.4, 0.5) is 4.79 Å². The third-order valence-electron chi connectivity index (χ3n) is 6.57. The van der Waals surface area contributed by atoms with Gasteiger partial charge in [-0.25, -0.2) is 4.79 Å². The Morgan fingerprint density at radius 1 is 1.00 bits per heavy atom. The number of hydrogen-bond acceptors (Lipinski definition) is 5. The summed E-state index contributed by atoms with van der Waals surface area (Å²) in [4.78, 5) is 28.8. The van der Waals surface area contributed by atoms with Crippen LogP contribution in [0.5, 0.6) is 0 Å². The summed E-state index contributed by atoms with van der Waals surface area (Å²) in [5.41, 5.74) is 0. The third-order valence-corrected chi connectivity index (χ3v) is 6.57. The molecule has 3 saturated heterocycles. The largest absolute Gasteiger partial charge is 0.379 e. The minimum atomic E-state index is -0.0754. The van der Waals surface area contributed by atoms with Gasteiger partial charge in [0, 0.05) is 32.2 Å². The number of carbonyl (C=O) groups is 2. The first-order chi connectivity index (χ1) is 13.7. The molecule has 0 bridgehead atoms. The lowest BCUT2D eigenvalue weighted by atomic mass is 9.89. The van der Waals surface area contributed by atoms with Crippen molar-refractivity contribution in [2.24, 2.45) is 0 Å². The number of ether oxygens (including phenoxy) is 2. The van der Waals surface area contributed by atoms with Crippen molar-refractivity contribution in [3.63, 3.8) is 0 Å². The number of fused-ring (bicyclic) bond motifs is 1. The van der Waals surface area contributed by atoms with E-state index in [1.165, 1.54) is 19.3 Å². The molecule has 8 nitrogen and oxygen atoms in total. The number of rotatable bonds is 5. The van der Waals surface area contributed by atoms with Crippen molar-refractivity contribution < 1.29 is 19.1 Å². The zero-order chi connectivity index (χ0) is 19.3. The first-order valence-electron chi connectivity index (χ1n) is 11.0.